The average Bonchev–Trinajstić information content (AvgIpc) is 2.85. The van der Waals surface area contributed by atoms with Crippen LogP contribution < -0.4 is 5.73 Å². The molecule has 0 aliphatic carbocycles. The van der Waals surface area contributed by atoms with Crippen LogP contribution in [0.3, 0.4) is 0 Å². The molecule has 0 bridgehead atoms. The van der Waals surface area contributed by atoms with E-state index in [2.05, 4.69) is 6.92 Å². The van der Waals surface area contributed by atoms with Crippen molar-refractivity contribution in [3.63, 3.8) is 0 Å². The Labute approximate surface area is 116 Å². The van der Waals surface area contributed by atoms with E-state index in [1.807, 2.05) is 0 Å². The van der Waals surface area contributed by atoms with Gasteiger partial charge in [-0.05, 0) is 44.9 Å². The van der Waals surface area contributed by atoms with E-state index >= 15 is 0 Å². The molecule has 3 saturated heterocycles. The van der Waals surface area contributed by atoms with Crippen molar-refractivity contribution < 1.29 is 14.2 Å². The topological polar surface area (TPSA) is 53.7 Å². The maximum absolute atomic E-state index is 6.54. The first-order valence-electron chi connectivity index (χ1n) is 7.77. The molecule has 1 spiro atoms. The molecule has 0 radical (unpaired) electrons. The van der Waals surface area contributed by atoms with E-state index in [-0.39, 0.29) is 11.6 Å². The second kappa shape index (κ2) is 5.68. The van der Waals surface area contributed by atoms with Crippen LogP contribution in [0.25, 0.3) is 0 Å². The molecule has 0 amide bonds. The van der Waals surface area contributed by atoms with E-state index in [1.165, 1.54) is 0 Å². The van der Waals surface area contributed by atoms with Gasteiger partial charge in [-0.1, -0.05) is 0 Å². The minimum atomic E-state index is 0.0594. The summed E-state index contributed by atoms with van der Waals surface area (Å²) < 4.78 is 17.3. The van der Waals surface area contributed by atoms with E-state index in [4.69, 9.17) is 19.9 Å². The van der Waals surface area contributed by atoms with Gasteiger partial charge in [-0.2, -0.15) is 0 Å². The third kappa shape index (κ3) is 2.97. The molecule has 19 heavy (non-hydrogen) atoms. The minimum absolute atomic E-state index is 0.0594. The van der Waals surface area contributed by atoms with E-state index in [1.54, 1.807) is 0 Å². The molecule has 4 nitrogen and oxygen atoms in total. The van der Waals surface area contributed by atoms with Crippen molar-refractivity contribution in [2.45, 2.75) is 56.8 Å². The largest absolute Gasteiger partial charge is 0.381 e. The standard InChI is InChI=1S/C15H27NO3/c1-11-8-13(10-18-11)14(16)12-2-5-19-15(9-12)3-6-17-7-4-15/h11-14H,2-10,16H2,1H3. The molecular formula is C15H27NO3. The van der Waals surface area contributed by atoms with Gasteiger partial charge in [0.25, 0.3) is 0 Å². The molecule has 0 saturated carbocycles. The van der Waals surface area contributed by atoms with Gasteiger partial charge in [0.1, 0.15) is 0 Å². The summed E-state index contributed by atoms with van der Waals surface area (Å²) in [4.78, 5) is 0. The molecule has 3 heterocycles. The predicted octanol–water partition coefficient (Wildman–Crippen LogP) is 1.71. The molecule has 3 aliphatic rings. The van der Waals surface area contributed by atoms with Crippen molar-refractivity contribution >= 4 is 0 Å². The lowest BCUT2D eigenvalue weighted by atomic mass is 9.74. The summed E-state index contributed by atoms with van der Waals surface area (Å²) in [6.45, 7) is 5.53. The van der Waals surface area contributed by atoms with E-state index in [9.17, 15) is 0 Å². The number of hydrogen-bond acceptors (Lipinski definition) is 4. The van der Waals surface area contributed by atoms with Crippen LogP contribution in [-0.4, -0.2) is 44.2 Å². The van der Waals surface area contributed by atoms with Crippen LogP contribution in [-0.2, 0) is 14.2 Å². The van der Waals surface area contributed by atoms with Crippen LogP contribution in [0.4, 0.5) is 0 Å². The molecule has 3 rings (SSSR count). The molecule has 0 aromatic rings. The molecule has 4 heteroatoms. The van der Waals surface area contributed by atoms with E-state index in [0.29, 0.717) is 17.9 Å². The molecular weight excluding hydrogens is 242 g/mol. The van der Waals surface area contributed by atoms with Gasteiger partial charge in [-0.3, -0.25) is 0 Å². The van der Waals surface area contributed by atoms with Gasteiger partial charge in [0.2, 0.25) is 0 Å². The monoisotopic (exact) mass is 269 g/mol. The fraction of sp³-hybridized carbons (Fsp3) is 1.00. The lowest BCUT2D eigenvalue weighted by Crippen LogP contribution is -2.50. The third-order valence-electron chi connectivity index (χ3n) is 5.25. The van der Waals surface area contributed by atoms with Crippen molar-refractivity contribution in [3.05, 3.63) is 0 Å². The van der Waals surface area contributed by atoms with Crippen molar-refractivity contribution in [1.82, 2.24) is 0 Å². The highest BCUT2D eigenvalue weighted by Gasteiger charge is 2.42. The van der Waals surface area contributed by atoms with Crippen molar-refractivity contribution in [2.24, 2.45) is 17.6 Å². The Kier molecular flexibility index (Phi) is 4.13. The van der Waals surface area contributed by atoms with Gasteiger partial charge < -0.3 is 19.9 Å². The number of ether oxygens (including phenoxy) is 3. The molecule has 0 aromatic carbocycles. The molecule has 0 aromatic heterocycles. The zero-order valence-electron chi connectivity index (χ0n) is 12.0. The van der Waals surface area contributed by atoms with Crippen LogP contribution in [0.15, 0.2) is 0 Å². The van der Waals surface area contributed by atoms with Gasteiger partial charge in [-0.15, -0.1) is 0 Å². The first kappa shape index (κ1) is 13.8. The zero-order chi connectivity index (χ0) is 13.3. The molecule has 110 valence electrons. The highest BCUT2D eigenvalue weighted by molar-refractivity contribution is 4.94. The summed E-state index contributed by atoms with van der Waals surface area (Å²) in [7, 11) is 0. The minimum Gasteiger partial charge on any atom is -0.381 e. The van der Waals surface area contributed by atoms with Gasteiger partial charge in [-0.25, -0.2) is 0 Å². The Morgan fingerprint density at radius 3 is 2.63 bits per heavy atom. The lowest BCUT2D eigenvalue weighted by molar-refractivity contribution is -0.150. The second-order valence-electron chi connectivity index (χ2n) is 6.61. The summed E-state index contributed by atoms with van der Waals surface area (Å²) in [6, 6.07) is 0.272. The number of hydrogen-bond donors (Lipinski definition) is 1. The molecule has 4 atom stereocenters. The summed E-state index contributed by atoms with van der Waals surface area (Å²) in [5.74, 6) is 1.13. The molecule has 2 N–H and O–H groups in total. The lowest BCUT2D eigenvalue weighted by Gasteiger charge is -2.45. The smallest absolute Gasteiger partial charge is 0.0729 e. The van der Waals surface area contributed by atoms with Crippen LogP contribution in [0.5, 0.6) is 0 Å². The summed E-state index contributed by atoms with van der Waals surface area (Å²) in [5, 5.41) is 0. The van der Waals surface area contributed by atoms with Crippen LogP contribution >= 0.6 is 0 Å². The van der Waals surface area contributed by atoms with Crippen LogP contribution in [0.2, 0.25) is 0 Å². The zero-order valence-corrected chi connectivity index (χ0v) is 12.0. The molecule has 3 aliphatic heterocycles. The maximum atomic E-state index is 6.54. The van der Waals surface area contributed by atoms with E-state index < -0.39 is 0 Å². The highest BCUT2D eigenvalue weighted by atomic mass is 16.5. The molecule has 4 unspecified atom stereocenters. The SMILES string of the molecule is CC1CC(C(N)C2CCOC3(CCOCC3)C2)CO1. The van der Waals surface area contributed by atoms with Gasteiger partial charge in [0.15, 0.2) is 0 Å². The second-order valence-corrected chi connectivity index (χ2v) is 6.61. The van der Waals surface area contributed by atoms with Gasteiger partial charge >= 0.3 is 0 Å². The first-order chi connectivity index (χ1) is 9.19. The van der Waals surface area contributed by atoms with E-state index in [0.717, 1.165) is 58.5 Å². The van der Waals surface area contributed by atoms with Crippen LogP contribution in [0, 0.1) is 11.8 Å². The fourth-order valence-corrected chi connectivity index (χ4v) is 3.99. The Morgan fingerprint density at radius 2 is 1.95 bits per heavy atom. The Morgan fingerprint density at radius 1 is 1.16 bits per heavy atom. The predicted molar refractivity (Wildman–Crippen MR) is 73.0 cm³/mol. The summed E-state index contributed by atoms with van der Waals surface area (Å²) in [6.07, 6.45) is 5.79. The van der Waals surface area contributed by atoms with Crippen LogP contribution in [0.1, 0.15) is 39.0 Å². The highest BCUT2D eigenvalue weighted by Crippen LogP contribution is 2.40. The summed E-state index contributed by atoms with van der Waals surface area (Å²) >= 11 is 0. The number of nitrogens with two attached hydrogens (primary N) is 1. The summed E-state index contributed by atoms with van der Waals surface area (Å²) in [5.41, 5.74) is 6.60. The van der Waals surface area contributed by atoms with Gasteiger partial charge in [0, 0.05) is 31.8 Å². The van der Waals surface area contributed by atoms with Crippen molar-refractivity contribution in [1.29, 1.82) is 0 Å². The van der Waals surface area contributed by atoms with Crippen molar-refractivity contribution in [2.75, 3.05) is 26.4 Å². The quantitative estimate of drug-likeness (QED) is 0.829. The fourth-order valence-electron chi connectivity index (χ4n) is 3.99. The average molecular weight is 269 g/mol. The Hall–Kier alpha value is -0.160. The van der Waals surface area contributed by atoms with Crippen molar-refractivity contribution in [3.8, 4) is 0 Å². The number of rotatable bonds is 2. The first-order valence-corrected chi connectivity index (χ1v) is 7.77. The third-order valence-corrected chi connectivity index (χ3v) is 5.25. The Bertz CT molecular complexity index is 298. The van der Waals surface area contributed by atoms with Gasteiger partial charge in [0.05, 0.1) is 18.3 Å². The normalized spacial score (nSPS) is 40.4. The Balaban J connectivity index is 1.61. The maximum Gasteiger partial charge on any atom is 0.0729 e. The molecule has 3 fully saturated rings.